The van der Waals surface area contributed by atoms with Gasteiger partial charge in [0.1, 0.15) is 11.5 Å². The first-order chi connectivity index (χ1) is 18.1. The SMILES string of the molecule is COC(=O)/C=C/c1cc2c(cc1OC)O[C@H](c1cc(OC(C)=O)c(OC(C)=O)cc1OC)[C@H](C(=O)OC)O2. The average molecular weight is 530 g/mol. The van der Waals surface area contributed by atoms with Crippen molar-refractivity contribution in [3.63, 3.8) is 0 Å². The Balaban J connectivity index is 2.15. The quantitative estimate of drug-likeness (QED) is 0.281. The maximum atomic E-state index is 12.8. The Morgan fingerprint density at radius 2 is 1.34 bits per heavy atom. The molecule has 0 fully saturated rings. The Morgan fingerprint density at radius 1 is 0.737 bits per heavy atom. The zero-order valence-electron chi connectivity index (χ0n) is 21.5. The maximum absolute atomic E-state index is 12.8. The van der Waals surface area contributed by atoms with E-state index in [4.69, 9.17) is 33.2 Å². The van der Waals surface area contributed by atoms with E-state index in [-0.39, 0.29) is 34.3 Å². The monoisotopic (exact) mass is 530 g/mol. The number of carbonyl (C=O) groups excluding carboxylic acids is 4. The number of hydrogen-bond acceptors (Lipinski definition) is 12. The van der Waals surface area contributed by atoms with Crippen LogP contribution < -0.4 is 28.4 Å². The number of carbonyl (C=O) groups is 4. The highest BCUT2D eigenvalue weighted by molar-refractivity contribution is 5.88. The summed E-state index contributed by atoms with van der Waals surface area (Å²) in [5, 5.41) is 0. The Morgan fingerprint density at radius 3 is 1.89 bits per heavy atom. The molecule has 3 rings (SSSR count). The molecule has 0 saturated carbocycles. The molecule has 2 aromatic carbocycles. The van der Waals surface area contributed by atoms with Crippen molar-refractivity contribution in [2.45, 2.75) is 26.1 Å². The highest BCUT2D eigenvalue weighted by Crippen LogP contribution is 2.47. The number of fused-ring (bicyclic) bond motifs is 1. The first-order valence-electron chi connectivity index (χ1n) is 11.1. The van der Waals surface area contributed by atoms with Crippen LogP contribution in [0, 0.1) is 0 Å². The number of esters is 4. The molecule has 1 aliphatic heterocycles. The summed E-state index contributed by atoms with van der Waals surface area (Å²) in [6.07, 6.45) is 0.153. The summed E-state index contributed by atoms with van der Waals surface area (Å²) in [5.41, 5.74) is 0.678. The number of hydrogen-bond donors (Lipinski definition) is 0. The third-order valence-electron chi connectivity index (χ3n) is 5.22. The number of methoxy groups -OCH3 is 4. The van der Waals surface area contributed by atoms with Crippen LogP contribution >= 0.6 is 0 Å². The summed E-state index contributed by atoms with van der Waals surface area (Å²) in [6, 6.07) is 5.70. The second-order valence-electron chi connectivity index (χ2n) is 7.73. The predicted octanol–water partition coefficient (Wildman–Crippen LogP) is 2.79. The summed E-state index contributed by atoms with van der Waals surface area (Å²) >= 11 is 0. The zero-order valence-corrected chi connectivity index (χ0v) is 21.5. The molecule has 1 aliphatic rings. The lowest BCUT2D eigenvalue weighted by molar-refractivity contribution is -0.155. The van der Waals surface area contributed by atoms with Gasteiger partial charge in [-0.3, -0.25) is 9.59 Å². The summed E-state index contributed by atoms with van der Waals surface area (Å²) in [4.78, 5) is 47.6. The first-order valence-corrected chi connectivity index (χ1v) is 11.1. The van der Waals surface area contributed by atoms with Gasteiger partial charge in [0.2, 0.25) is 6.10 Å². The van der Waals surface area contributed by atoms with Crippen molar-refractivity contribution in [3.05, 3.63) is 41.5 Å². The van der Waals surface area contributed by atoms with Crippen LogP contribution in [0.5, 0.6) is 34.5 Å². The fraction of sp³-hybridized carbons (Fsp3) is 0.308. The normalized spacial score (nSPS) is 15.8. The van der Waals surface area contributed by atoms with Crippen LogP contribution in [-0.2, 0) is 28.7 Å². The van der Waals surface area contributed by atoms with Gasteiger partial charge in [-0.1, -0.05) is 0 Å². The molecular formula is C26H26O12. The third kappa shape index (κ3) is 6.14. The molecule has 0 spiro atoms. The van der Waals surface area contributed by atoms with Crippen molar-refractivity contribution in [1.29, 1.82) is 0 Å². The van der Waals surface area contributed by atoms with Crippen molar-refractivity contribution in [1.82, 2.24) is 0 Å². The molecule has 0 bridgehead atoms. The first kappa shape index (κ1) is 27.8. The molecule has 202 valence electrons. The van der Waals surface area contributed by atoms with Crippen molar-refractivity contribution < 1.29 is 57.1 Å². The second-order valence-corrected chi connectivity index (χ2v) is 7.73. The highest BCUT2D eigenvalue weighted by Gasteiger charge is 2.42. The lowest BCUT2D eigenvalue weighted by Crippen LogP contribution is -2.40. The van der Waals surface area contributed by atoms with Crippen molar-refractivity contribution >= 4 is 30.0 Å². The largest absolute Gasteiger partial charge is 0.496 e. The van der Waals surface area contributed by atoms with E-state index in [1.807, 2.05) is 0 Å². The molecule has 0 amide bonds. The van der Waals surface area contributed by atoms with E-state index in [0.717, 1.165) is 0 Å². The van der Waals surface area contributed by atoms with Gasteiger partial charge in [0.15, 0.2) is 29.1 Å². The van der Waals surface area contributed by atoms with Crippen LogP contribution in [0.4, 0.5) is 0 Å². The van der Waals surface area contributed by atoms with E-state index >= 15 is 0 Å². The van der Waals surface area contributed by atoms with Crippen LogP contribution in [0.3, 0.4) is 0 Å². The van der Waals surface area contributed by atoms with Gasteiger partial charge >= 0.3 is 23.9 Å². The Bertz CT molecular complexity index is 1280. The molecule has 0 aliphatic carbocycles. The predicted molar refractivity (Wildman–Crippen MR) is 129 cm³/mol. The summed E-state index contributed by atoms with van der Waals surface area (Å²) in [6.45, 7) is 2.36. The van der Waals surface area contributed by atoms with Gasteiger partial charge in [0.25, 0.3) is 0 Å². The lowest BCUT2D eigenvalue weighted by Gasteiger charge is -2.33. The maximum Gasteiger partial charge on any atom is 0.351 e. The van der Waals surface area contributed by atoms with Gasteiger partial charge in [-0.15, -0.1) is 0 Å². The molecule has 0 aromatic heterocycles. The molecule has 38 heavy (non-hydrogen) atoms. The van der Waals surface area contributed by atoms with Gasteiger partial charge < -0.3 is 37.9 Å². The molecule has 2 atom stereocenters. The third-order valence-corrected chi connectivity index (χ3v) is 5.22. The molecule has 0 unspecified atom stereocenters. The summed E-state index contributed by atoms with van der Waals surface area (Å²) < 4.78 is 43.0. The summed E-state index contributed by atoms with van der Waals surface area (Å²) in [5.74, 6) is -2.04. The smallest absolute Gasteiger partial charge is 0.351 e. The van der Waals surface area contributed by atoms with Gasteiger partial charge in [-0.25, -0.2) is 9.59 Å². The molecule has 0 saturated heterocycles. The highest BCUT2D eigenvalue weighted by atomic mass is 16.6. The molecule has 12 heteroatoms. The standard InChI is InChI=1S/C26H26O12/c1-13(27)35-20-10-16(18(32-4)12-21(20)36-14(2)28)24-25(26(30)34-6)38-19-9-15(7-8-23(29)33-5)17(31-3)11-22(19)37-24/h7-12,24-25H,1-6H3/b8-7+/t24-,25-/m1/s1. The Labute approximate surface area is 217 Å². The molecule has 12 nitrogen and oxygen atoms in total. The topological polar surface area (TPSA) is 142 Å². The van der Waals surface area contributed by atoms with Crippen molar-refractivity contribution in [2.75, 3.05) is 28.4 Å². The van der Waals surface area contributed by atoms with E-state index in [2.05, 4.69) is 4.74 Å². The fourth-order valence-electron chi connectivity index (χ4n) is 3.61. The lowest BCUT2D eigenvalue weighted by atomic mass is 10.00. The molecule has 0 radical (unpaired) electrons. The van der Waals surface area contributed by atoms with Crippen LogP contribution in [0.2, 0.25) is 0 Å². The molecule has 2 aromatic rings. The molecule has 0 N–H and O–H groups in total. The van der Waals surface area contributed by atoms with Gasteiger partial charge in [0.05, 0.1) is 28.4 Å². The van der Waals surface area contributed by atoms with E-state index in [9.17, 15) is 19.2 Å². The minimum Gasteiger partial charge on any atom is -0.496 e. The van der Waals surface area contributed by atoms with Gasteiger partial charge in [-0.2, -0.15) is 0 Å². The van der Waals surface area contributed by atoms with Crippen molar-refractivity contribution in [2.24, 2.45) is 0 Å². The number of ether oxygens (including phenoxy) is 8. The minimum absolute atomic E-state index is 0.0799. The van der Waals surface area contributed by atoms with Crippen LogP contribution in [0.1, 0.15) is 31.1 Å². The van der Waals surface area contributed by atoms with Gasteiger partial charge in [0, 0.05) is 43.2 Å². The van der Waals surface area contributed by atoms with Crippen LogP contribution in [0.25, 0.3) is 6.08 Å². The van der Waals surface area contributed by atoms with E-state index in [1.165, 1.54) is 78.7 Å². The summed E-state index contributed by atoms with van der Waals surface area (Å²) in [7, 11) is 5.21. The average Bonchev–Trinajstić information content (AvgIpc) is 2.89. The molecular weight excluding hydrogens is 504 g/mol. The van der Waals surface area contributed by atoms with Gasteiger partial charge in [-0.05, 0) is 18.2 Å². The second kappa shape index (κ2) is 12.0. The van der Waals surface area contributed by atoms with E-state index in [1.54, 1.807) is 0 Å². The number of benzene rings is 2. The zero-order chi connectivity index (χ0) is 28.0. The Kier molecular flexibility index (Phi) is 8.79. The van der Waals surface area contributed by atoms with E-state index < -0.39 is 36.1 Å². The van der Waals surface area contributed by atoms with Crippen molar-refractivity contribution in [3.8, 4) is 34.5 Å². The van der Waals surface area contributed by atoms with Crippen LogP contribution in [-0.4, -0.2) is 58.4 Å². The van der Waals surface area contributed by atoms with Crippen LogP contribution in [0.15, 0.2) is 30.3 Å². The number of rotatable bonds is 8. The Hall–Kier alpha value is -4.74. The fourth-order valence-corrected chi connectivity index (χ4v) is 3.61. The van der Waals surface area contributed by atoms with E-state index in [0.29, 0.717) is 11.3 Å². The minimum atomic E-state index is -1.34. The molecule has 1 heterocycles.